The van der Waals surface area contributed by atoms with Gasteiger partial charge in [0.15, 0.2) is 9.84 Å². The average molecular weight is 311 g/mol. The number of carbonyl (C=O) groups is 1. The van der Waals surface area contributed by atoms with Crippen LogP contribution in [-0.2, 0) is 21.2 Å². The number of aromatic nitrogens is 2. The Balaban J connectivity index is 1.50. The highest BCUT2D eigenvalue weighted by atomic mass is 32.2. The topological polar surface area (TPSA) is 72.3 Å². The van der Waals surface area contributed by atoms with Gasteiger partial charge in [0.25, 0.3) is 0 Å². The van der Waals surface area contributed by atoms with Gasteiger partial charge in [0.05, 0.1) is 23.8 Å². The predicted molar refractivity (Wildman–Crippen MR) is 78.3 cm³/mol. The number of carbonyl (C=O) groups excluding carboxylic acids is 1. The second-order valence-electron chi connectivity index (χ2n) is 6.13. The molecule has 0 bridgehead atoms. The summed E-state index contributed by atoms with van der Waals surface area (Å²) in [6, 6.07) is 0. The summed E-state index contributed by atoms with van der Waals surface area (Å²) in [4.78, 5) is 18.3. The summed E-state index contributed by atoms with van der Waals surface area (Å²) in [5.41, 5.74) is 0. The molecule has 116 valence electrons. The summed E-state index contributed by atoms with van der Waals surface area (Å²) < 4.78 is 25.0. The molecule has 0 aliphatic carbocycles. The first-order valence-electron chi connectivity index (χ1n) is 7.48. The van der Waals surface area contributed by atoms with E-state index in [1.807, 2.05) is 17.4 Å². The van der Waals surface area contributed by atoms with Crippen molar-refractivity contribution in [3.05, 3.63) is 18.7 Å². The summed E-state index contributed by atoms with van der Waals surface area (Å²) in [5, 5.41) is 0. The maximum Gasteiger partial charge on any atom is 0.226 e. The molecule has 3 heterocycles. The predicted octanol–water partition coefficient (Wildman–Crippen LogP) is 0.556. The number of rotatable bonds is 3. The van der Waals surface area contributed by atoms with Crippen LogP contribution in [0.1, 0.15) is 19.3 Å². The van der Waals surface area contributed by atoms with Gasteiger partial charge in [0, 0.05) is 32.0 Å². The number of amides is 1. The molecule has 1 aromatic heterocycles. The van der Waals surface area contributed by atoms with Crippen LogP contribution in [0.4, 0.5) is 0 Å². The average Bonchev–Trinajstić information content (AvgIpc) is 3.08. The van der Waals surface area contributed by atoms with Crippen LogP contribution in [0.3, 0.4) is 0 Å². The maximum atomic E-state index is 12.4. The van der Waals surface area contributed by atoms with Gasteiger partial charge in [-0.3, -0.25) is 4.79 Å². The van der Waals surface area contributed by atoms with Crippen LogP contribution in [0.25, 0.3) is 0 Å². The number of hydrogen-bond donors (Lipinski definition) is 0. The molecule has 0 saturated carbocycles. The molecule has 1 amide bonds. The Kier molecular flexibility index (Phi) is 4.01. The van der Waals surface area contributed by atoms with Crippen molar-refractivity contribution < 1.29 is 13.2 Å². The number of likely N-dealkylation sites (tertiary alicyclic amines) is 1. The molecule has 2 aliphatic rings. The third-order valence-corrected chi connectivity index (χ3v) is 6.30. The highest BCUT2D eigenvalue weighted by Gasteiger charge is 2.36. The third-order valence-electron chi connectivity index (χ3n) is 4.54. The lowest BCUT2D eigenvalue weighted by Gasteiger charge is -2.33. The summed E-state index contributed by atoms with van der Waals surface area (Å²) in [6.07, 6.45) is 8.00. The fourth-order valence-electron chi connectivity index (χ4n) is 3.28. The fraction of sp³-hybridized carbons (Fsp3) is 0.714. The molecule has 2 saturated heterocycles. The van der Waals surface area contributed by atoms with Gasteiger partial charge >= 0.3 is 0 Å². The molecule has 0 spiro atoms. The minimum atomic E-state index is -2.98. The van der Waals surface area contributed by atoms with Crippen LogP contribution >= 0.6 is 0 Å². The Morgan fingerprint density at radius 3 is 2.57 bits per heavy atom. The Hall–Kier alpha value is -1.37. The van der Waals surface area contributed by atoms with Crippen molar-refractivity contribution in [1.82, 2.24) is 14.5 Å². The Bertz CT molecular complexity index is 589. The van der Waals surface area contributed by atoms with Crippen LogP contribution < -0.4 is 0 Å². The summed E-state index contributed by atoms with van der Waals surface area (Å²) in [5.74, 6) is 0.509. The highest BCUT2D eigenvalue weighted by molar-refractivity contribution is 7.91. The lowest BCUT2D eigenvalue weighted by molar-refractivity contribution is -0.136. The minimum absolute atomic E-state index is 0.0390. The number of hydrogen-bond acceptors (Lipinski definition) is 4. The van der Waals surface area contributed by atoms with Gasteiger partial charge in [-0.2, -0.15) is 0 Å². The van der Waals surface area contributed by atoms with Crippen molar-refractivity contribution in [3.8, 4) is 0 Å². The van der Waals surface area contributed by atoms with Crippen molar-refractivity contribution in [2.45, 2.75) is 25.8 Å². The summed E-state index contributed by atoms with van der Waals surface area (Å²) in [7, 11) is -2.98. The maximum absolute atomic E-state index is 12.4. The van der Waals surface area contributed by atoms with E-state index in [2.05, 4.69) is 9.55 Å². The van der Waals surface area contributed by atoms with Crippen molar-refractivity contribution in [1.29, 1.82) is 0 Å². The largest absolute Gasteiger partial charge is 0.342 e. The Labute approximate surface area is 125 Å². The van der Waals surface area contributed by atoms with Crippen molar-refractivity contribution in [2.24, 2.45) is 11.8 Å². The zero-order valence-electron chi connectivity index (χ0n) is 12.0. The smallest absolute Gasteiger partial charge is 0.226 e. The zero-order valence-corrected chi connectivity index (χ0v) is 12.8. The van der Waals surface area contributed by atoms with Gasteiger partial charge in [-0.05, 0) is 25.2 Å². The molecule has 0 unspecified atom stereocenters. The van der Waals surface area contributed by atoms with Crippen LogP contribution in [0, 0.1) is 11.8 Å². The van der Waals surface area contributed by atoms with E-state index in [1.54, 1.807) is 6.20 Å². The van der Waals surface area contributed by atoms with Crippen molar-refractivity contribution in [2.75, 3.05) is 24.6 Å². The molecule has 0 N–H and O–H groups in total. The number of piperidine rings is 1. The van der Waals surface area contributed by atoms with Crippen LogP contribution in [0.2, 0.25) is 0 Å². The van der Waals surface area contributed by atoms with E-state index in [9.17, 15) is 13.2 Å². The fourth-order valence-corrected chi connectivity index (χ4v) is 5.01. The molecule has 1 atom stereocenters. The minimum Gasteiger partial charge on any atom is -0.342 e. The molecule has 0 radical (unpaired) electrons. The zero-order chi connectivity index (χ0) is 14.9. The van der Waals surface area contributed by atoms with E-state index in [4.69, 9.17) is 0 Å². The van der Waals surface area contributed by atoms with E-state index in [-0.39, 0.29) is 23.3 Å². The van der Waals surface area contributed by atoms with Gasteiger partial charge in [0.1, 0.15) is 0 Å². The van der Waals surface area contributed by atoms with Crippen LogP contribution in [-0.4, -0.2) is 53.4 Å². The first kappa shape index (κ1) is 14.6. The van der Waals surface area contributed by atoms with E-state index in [1.165, 1.54) is 0 Å². The van der Waals surface area contributed by atoms with Crippen LogP contribution in [0.15, 0.2) is 18.7 Å². The second-order valence-corrected chi connectivity index (χ2v) is 8.36. The van der Waals surface area contributed by atoms with Gasteiger partial charge in [-0.25, -0.2) is 13.4 Å². The van der Waals surface area contributed by atoms with Gasteiger partial charge < -0.3 is 9.47 Å². The first-order valence-corrected chi connectivity index (χ1v) is 9.30. The summed E-state index contributed by atoms with van der Waals surface area (Å²) >= 11 is 0. The molecule has 2 aliphatic heterocycles. The van der Waals surface area contributed by atoms with E-state index < -0.39 is 9.84 Å². The van der Waals surface area contributed by atoms with E-state index in [0.29, 0.717) is 12.3 Å². The van der Waals surface area contributed by atoms with Crippen molar-refractivity contribution in [3.63, 3.8) is 0 Å². The lowest BCUT2D eigenvalue weighted by atomic mass is 9.95. The van der Waals surface area contributed by atoms with Gasteiger partial charge in [-0.15, -0.1) is 0 Å². The lowest BCUT2D eigenvalue weighted by Crippen LogP contribution is -2.42. The van der Waals surface area contributed by atoms with E-state index in [0.717, 1.165) is 32.5 Å². The molecule has 1 aromatic rings. The molecule has 2 fully saturated rings. The van der Waals surface area contributed by atoms with Crippen molar-refractivity contribution >= 4 is 15.7 Å². The number of sulfone groups is 1. The number of imidazole rings is 1. The van der Waals surface area contributed by atoms with E-state index >= 15 is 0 Å². The molecule has 3 rings (SSSR count). The third kappa shape index (κ3) is 3.45. The van der Waals surface area contributed by atoms with Crippen LogP contribution in [0.5, 0.6) is 0 Å². The molecule has 0 aromatic carbocycles. The molecule has 7 heteroatoms. The molecule has 21 heavy (non-hydrogen) atoms. The van der Waals surface area contributed by atoms with Gasteiger partial charge in [0.2, 0.25) is 5.91 Å². The SMILES string of the molecule is O=C([C@@H]1CCS(=O)(=O)C1)N1CCC(Cn2ccnc2)CC1. The summed E-state index contributed by atoms with van der Waals surface area (Å²) in [6.45, 7) is 2.43. The normalized spacial score (nSPS) is 26.1. The Morgan fingerprint density at radius 1 is 1.24 bits per heavy atom. The standard InChI is InChI=1S/C14H21N3O3S/c18-14(13-3-8-21(19,20)10-13)17-5-1-12(2-6-17)9-16-7-4-15-11-16/h4,7,11-13H,1-3,5-6,8-10H2/t13-/m1/s1. The Morgan fingerprint density at radius 2 is 2.00 bits per heavy atom. The quantitative estimate of drug-likeness (QED) is 0.817. The highest BCUT2D eigenvalue weighted by Crippen LogP contribution is 2.25. The molecular weight excluding hydrogens is 290 g/mol. The second kappa shape index (κ2) is 5.79. The van der Waals surface area contributed by atoms with Gasteiger partial charge in [-0.1, -0.05) is 0 Å². The molecular formula is C14H21N3O3S. The monoisotopic (exact) mass is 311 g/mol. The molecule has 6 nitrogen and oxygen atoms in total. The first-order chi connectivity index (χ1) is 10.0. The number of nitrogens with zero attached hydrogens (tertiary/aromatic N) is 3.